The van der Waals surface area contributed by atoms with Gasteiger partial charge in [0.2, 0.25) is 0 Å². The molecule has 0 aliphatic heterocycles. The predicted molar refractivity (Wildman–Crippen MR) is 70.2 cm³/mol. The number of aliphatic hydroxyl groups excluding tert-OH is 1. The number of nitrogens with one attached hydrogen (secondary N) is 1. The fraction of sp³-hybridized carbons (Fsp3) is 0.500. The maximum atomic E-state index is 8.70. The summed E-state index contributed by atoms with van der Waals surface area (Å²) in [5.41, 5.74) is 1.04. The Morgan fingerprint density at radius 2 is 2.12 bits per heavy atom. The molecule has 1 aromatic rings. The van der Waals surface area contributed by atoms with Crippen molar-refractivity contribution in [3.05, 3.63) is 23.8 Å². The Bertz CT molecular complexity index is 321. The van der Waals surface area contributed by atoms with Crippen LogP contribution in [0.4, 0.5) is 0 Å². The fourth-order valence-electron chi connectivity index (χ4n) is 1.47. The first-order chi connectivity index (χ1) is 7.83. The smallest absolute Gasteiger partial charge is 0.165 e. The molecule has 1 rings (SSSR count). The van der Waals surface area contributed by atoms with E-state index >= 15 is 0 Å². The highest BCUT2D eigenvalue weighted by molar-refractivity contribution is 5.85. The molecule has 0 aliphatic carbocycles. The van der Waals surface area contributed by atoms with Crippen LogP contribution in [0.2, 0.25) is 0 Å². The molecule has 0 fully saturated rings. The summed E-state index contributed by atoms with van der Waals surface area (Å²) in [6, 6.07) is 5.79. The zero-order valence-corrected chi connectivity index (χ0v) is 11.0. The van der Waals surface area contributed by atoms with Crippen molar-refractivity contribution in [2.75, 3.05) is 26.9 Å². The van der Waals surface area contributed by atoms with Crippen molar-refractivity contribution in [1.82, 2.24) is 5.32 Å². The highest BCUT2D eigenvalue weighted by Crippen LogP contribution is 2.30. The maximum Gasteiger partial charge on any atom is 0.165 e. The lowest BCUT2D eigenvalue weighted by molar-refractivity contribution is 0.289. The SMILES string of the molecule is CCOc1c(CNCCO)cccc1OC.Cl. The third kappa shape index (κ3) is 4.81. The highest BCUT2D eigenvalue weighted by Gasteiger charge is 2.09. The van der Waals surface area contributed by atoms with Gasteiger partial charge in [-0.15, -0.1) is 12.4 Å². The molecule has 0 unspecified atom stereocenters. The Morgan fingerprint density at radius 3 is 2.71 bits per heavy atom. The van der Waals surface area contributed by atoms with E-state index < -0.39 is 0 Å². The molecule has 1 aromatic carbocycles. The van der Waals surface area contributed by atoms with Gasteiger partial charge in [0.1, 0.15) is 0 Å². The van der Waals surface area contributed by atoms with Crippen LogP contribution in [-0.4, -0.2) is 32.0 Å². The van der Waals surface area contributed by atoms with Crippen molar-refractivity contribution in [3.63, 3.8) is 0 Å². The van der Waals surface area contributed by atoms with E-state index in [-0.39, 0.29) is 19.0 Å². The van der Waals surface area contributed by atoms with Gasteiger partial charge in [-0.05, 0) is 13.0 Å². The Kier molecular flexibility index (Phi) is 8.58. The molecule has 0 radical (unpaired) electrons. The number of methoxy groups -OCH3 is 1. The normalized spacial score (nSPS) is 9.59. The molecule has 0 saturated carbocycles. The maximum absolute atomic E-state index is 8.70. The number of hydrogen-bond acceptors (Lipinski definition) is 4. The lowest BCUT2D eigenvalue weighted by Gasteiger charge is -2.14. The van der Waals surface area contributed by atoms with Crippen LogP contribution >= 0.6 is 12.4 Å². The minimum absolute atomic E-state index is 0. The van der Waals surface area contributed by atoms with Crippen LogP contribution in [-0.2, 0) is 6.54 Å². The van der Waals surface area contributed by atoms with E-state index in [0.29, 0.717) is 19.7 Å². The van der Waals surface area contributed by atoms with Crippen molar-refractivity contribution < 1.29 is 14.6 Å². The number of para-hydroxylation sites is 1. The van der Waals surface area contributed by atoms with Crippen LogP contribution in [0.5, 0.6) is 11.5 Å². The summed E-state index contributed by atoms with van der Waals surface area (Å²) >= 11 is 0. The first-order valence-corrected chi connectivity index (χ1v) is 5.43. The number of rotatable bonds is 7. The quantitative estimate of drug-likeness (QED) is 0.732. The van der Waals surface area contributed by atoms with E-state index in [0.717, 1.165) is 17.1 Å². The van der Waals surface area contributed by atoms with Crippen LogP contribution in [0.25, 0.3) is 0 Å². The molecule has 98 valence electrons. The van der Waals surface area contributed by atoms with E-state index in [2.05, 4.69) is 5.32 Å². The molecule has 0 atom stereocenters. The minimum atomic E-state index is 0. The average Bonchev–Trinajstić information content (AvgIpc) is 2.31. The second-order valence-electron chi connectivity index (χ2n) is 3.28. The number of benzene rings is 1. The number of ether oxygens (including phenoxy) is 2. The zero-order valence-electron chi connectivity index (χ0n) is 10.2. The van der Waals surface area contributed by atoms with Gasteiger partial charge in [0.15, 0.2) is 11.5 Å². The predicted octanol–water partition coefficient (Wildman–Crippen LogP) is 1.60. The summed E-state index contributed by atoms with van der Waals surface area (Å²) in [7, 11) is 1.63. The summed E-state index contributed by atoms with van der Waals surface area (Å²) in [5, 5.41) is 11.8. The summed E-state index contributed by atoms with van der Waals surface area (Å²) in [6.45, 7) is 3.91. The molecule has 0 spiro atoms. The lowest BCUT2D eigenvalue weighted by atomic mass is 10.2. The molecule has 5 heteroatoms. The first kappa shape index (κ1) is 16.0. The van der Waals surface area contributed by atoms with Gasteiger partial charge in [-0.1, -0.05) is 12.1 Å². The molecule has 4 nitrogen and oxygen atoms in total. The molecule has 0 bridgehead atoms. The van der Waals surface area contributed by atoms with Crippen molar-refractivity contribution in [2.45, 2.75) is 13.5 Å². The van der Waals surface area contributed by atoms with E-state index in [9.17, 15) is 0 Å². The summed E-state index contributed by atoms with van der Waals surface area (Å²) in [6.07, 6.45) is 0. The second-order valence-corrected chi connectivity index (χ2v) is 3.28. The van der Waals surface area contributed by atoms with Gasteiger partial charge < -0.3 is 19.9 Å². The van der Waals surface area contributed by atoms with Gasteiger partial charge in [-0.2, -0.15) is 0 Å². The highest BCUT2D eigenvalue weighted by atomic mass is 35.5. The largest absolute Gasteiger partial charge is 0.493 e. The molecule has 17 heavy (non-hydrogen) atoms. The average molecular weight is 262 g/mol. The molecule has 0 aromatic heterocycles. The summed E-state index contributed by atoms with van der Waals surface area (Å²) < 4.78 is 10.8. The van der Waals surface area contributed by atoms with Crippen molar-refractivity contribution in [1.29, 1.82) is 0 Å². The van der Waals surface area contributed by atoms with E-state index in [1.807, 2.05) is 25.1 Å². The van der Waals surface area contributed by atoms with Crippen LogP contribution in [0.15, 0.2) is 18.2 Å². The van der Waals surface area contributed by atoms with Crippen molar-refractivity contribution in [2.24, 2.45) is 0 Å². The summed E-state index contributed by atoms with van der Waals surface area (Å²) in [4.78, 5) is 0. The third-order valence-corrected chi connectivity index (χ3v) is 2.17. The molecule has 0 aliphatic rings. The van der Waals surface area contributed by atoms with Crippen molar-refractivity contribution >= 4 is 12.4 Å². The van der Waals surface area contributed by atoms with Crippen LogP contribution < -0.4 is 14.8 Å². The van der Waals surface area contributed by atoms with E-state index in [4.69, 9.17) is 14.6 Å². The zero-order chi connectivity index (χ0) is 11.8. The Hall–Kier alpha value is -0.970. The van der Waals surface area contributed by atoms with Gasteiger partial charge in [-0.3, -0.25) is 0 Å². The molecular weight excluding hydrogens is 242 g/mol. The van der Waals surface area contributed by atoms with Crippen LogP contribution in [0, 0.1) is 0 Å². The van der Waals surface area contributed by atoms with E-state index in [1.165, 1.54) is 0 Å². The monoisotopic (exact) mass is 261 g/mol. The molecule has 0 heterocycles. The molecule has 0 saturated heterocycles. The van der Waals surface area contributed by atoms with Gasteiger partial charge in [-0.25, -0.2) is 0 Å². The van der Waals surface area contributed by atoms with Crippen molar-refractivity contribution in [3.8, 4) is 11.5 Å². The lowest BCUT2D eigenvalue weighted by Crippen LogP contribution is -2.18. The summed E-state index contributed by atoms with van der Waals surface area (Å²) in [5.74, 6) is 1.52. The Morgan fingerprint density at radius 1 is 1.35 bits per heavy atom. The number of hydrogen-bond donors (Lipinski definition) is 2. The van der Waals surface area contributed by atoms with E-state index in [1.54, 1.807) is 7.11 Å². The number of aliphatic hydroxyl groups is 1. The fourth-order valence-corrected chi connectivity index (χ4v) is 1.47. The number of halogens is 1. The first-order valence-electron chi connectivity index (χ1n) is 5.43. The molecular formula is C12H20ClNO3. The third-order valence-electron chi connectivity index (χ3n) is 2.17. The Labute approximate surface area is 108 Å². The van der Waals surface area contributed by atoms with Gasteiger partial charge in [0, 0.05) is 18.7 Å². The van der Waals surface area contributed by atoms with Gasteiger partial charge in [0.05, 0.1) is 20.3 Å². The van der Waals surface area contributed by atoms with Crippen LogP contribution in [0.1, 0.15) is 12.5 Å². The topological polar surface area (TPSA) is 50.7 Å². The van der Waals surface area contributed by atoms with Gasteiger partial charge in [0.25, 0.3) is 0 Å². The molecule has 2 N–H and O–H groups in total. The van der Waals surface area contributed by atoms with Gasteiger partial charge >= 0.3 is 0 Å². The van der Waals surface area contributed by atoms with Crippen LogP contribution in [0.3, 0.4) is 0 Å². The molecule has 0 amide bonds. The second kappa shape index (κ2) is 9.10. The standard InChI is InChI=1S/C12H19NO3.ClH/c1-3-16-12-10(9-13-7-8-14)5-4-6-11(12)15-2;/h4-6,13-14H,3,7-9H2,1-2H3;1H. The minimum Gasteiger partial charge on any atom is -0.493 e. The Balaban J connectivity index is 0.00000256.